The molecule has 0 aromatic heterocycles. The van der Waals surface area contributed by atoms with Crippen LogP contribution in [-0.4, -0.2) is 65.4 Å². The average Bonchev–Trinajstić information content (AvgIpc) is 3.58. The van der Waals surface area contributed by atoms with E-state index < -0.39 is 11.8 Å². The van der Waals surface area contributed by atoms with Crippen molar-refractivity contribution in [3.8, 4) is 11.1 Å². The molecule has 4 saturated carbocycles. The van der Waals surface area contributed by atoms with Gasteiger partial charge in [0.15, 0.2) is 6.29 Å². The number of anilines is 1. The highest BCUT2D eigenvalue weighted by atomic mass is 16.7. The van der Waals surface area contributed by atoms with E-state index in [0.717, 1.165) is 109 Å². The molecule has 4 N–H and O–H groups in total. The third-order valence-electron chi connectivity index (χ3n) is 14.9. The van der Waals surface area contributed by atoms with Gasteiger partial charge in [-0.15, -0.1) is 0 Å². The molecule has 7 aliphatic rings. The monoisotopic (exact) mass is 809 g/mol. The SMILES string of the molecule is C[C@@H]1[C@H](CN2CCC3(CC2)C(=O)NCN3c2ccccc2)O[C@H](c2cccc(-c3cccc(CNC(=O)NC45CC6CC(CC(C6)C4)C5)c3)c2)O[C@@H]1c1ccc(CO)cc1. The summed E-state index contributed by atoms with van der Waals surface area (Å²) in [7, 11) is 0. The van der Waals surface area contributed by atoms with E-state index >= 15 is 0 Å². The van der Waals surface area contributed by atoms with Crippen molar-refractivity contribution in [2.24, 2.45) is 23.7 Å². The number of likely N-dealkylation sites (tertiary alicyclic amines) is 1. The van der Waals surface area contributed by atoms with Gasteiger partial charge in [-0.05, 0) is 121 Å². The third kappa shape index (κ3) is 7.72. The molecule has 4 atom stereocenters. The Hall–Kier alpha value is -4.74. The van der Waals surface area contributed by atoms with Gasteiger partial charge < -0.3 is 40.3 Å². The van der Waals surface area contributed by atoms with Crippen LogP contribution in [0.3, 0.4) is 0 Å². The summed E-state index contributed by atoms with van der Waals surface area (Å²) in [5, 5.41) is 19.5. The Morgan fingerprint density at radius 1 is 0.800 bits per heavy atom. The Balaban J connectivity index is 0.835. The Morgan fingerprint density at radius 3 is 2.18 bits per heavy atom. The molecule has 3 heterocycles. The number of aliphatic hydroxyl groups is 1. The number of ether oxygens (including phenoxy) is 2. The van der Waals surface area contributed by atoms with Gasteiger partial charge in [-0.1, -0.05) is 85.8 Å². The second-order valence-corrected chi connectivity index (χ2v) is 18.9. The Kier molecular flexibility index (Phi) is 10.7. The molecule has 4 bridgehead atoms. The highest BCUT2D eigenvalue weighted by Crippen LogP contribution is 2.55. The van der Waals surface area contributed by atoms with E-state index in [1.54, 1.807) is 0 Å². The first-order valence-electron chi connectivity index (χ1n) is 22.3. The van der Waals surface area contributed by atoms with E-state index in [0.29, 0.717) is 13.2 Å². The van der Waals surface area contributed by atoms with Crippen molar-refractivity contribution >= 4 is 17.6 Å². The molecule has 0 unspecified atom stereocenters. The predicted molar refractivity (Wildman–Crippen MR) is 231 cm³/mol. The van der Waals surface area contributed by atoms with E-state index in [-0.39, 0.29) is 42.2 Å². The standard InChI is InChI=1S/C50H59N5O5/c1-33-44(30-54-19-17-50(18-20-54)47(57)52-32-55(50)43-11-3-2-4-12-43)59-46(60-45(33)39-15-13-34(31-56)14-16-39)42-10-6-9-41(25-42)40-8-5-7-35(24-40)29-51-48(58)53-49-26-36-21-37(27-49)23-38(22-36)28-49/h2-16,24-25,33,36-38,44-46,56H,17-23,26-32H2,1H3,(H,52,57)(H2,51,53,58)/t33-,36?,37?,38?,44+,45+,46+,49?/m1/s1. The van der Waals surface area contributed by atoms with Crippen molar-refractivity contribution in [1.82, 2.24) is 20.9 Å². The number of benzene rings is 4. The van der Waals surface area contributed by atoms with Gasteiger partial charge in [0.25, 0.3) is 0 Å². The molecule has 3 saturated heterocycles. The first-order valence-corrected chi connectivity index (χ1v) is 22.3. The maximum absolute atomic E-state index is 13.4. The summed E-state index contributed by atoms with van der Waals surface area (Å²) in [6, 6.07) is 35.1. The van der Waals surface area contributed by atoms with Crippen LogP contribution in [0.1, 0.15) is 92.9 Å². The fourth-order valence-corrected chi connectivity index (χ4v) is 12.2. The first-order chi connectivity index (χ1) is 29.2. The summed E-state index contributed by atoms with van der Waals surface area (Å²) in [6.07, 6.45) is 7.98. The van der Waals surface area contributed by atoms with Crippen LogP contribution in [-0.2, 0) is 27.4 Å². The van der Waals surface area contributed by atoms with Crippen LogP contribution < -0.4 is 20.9 Å². The first kappa shape index (κ1) is 39.4. The Bertz CT molecular complexity index is 2140. The average molecular weight is 810 g/mol. The van der Waals surface area contributed by atoms with Crippen LogP contribution in [0.25, 0.3) is 11.1 Å². The lowest BCUT2D eigenvalue weighted by Gasteiger charge is -2.56. The van der Waals surface area contributed by atoms with Crippen molar-refractivity contribution in [3.63, 3.8) is 0 Å². The molecule has 4 aromatic rings. The Labute approximate surface area is 354 Å². The maximum atomic E-state index is 13.4. The summed E-state index contributed by atoms with van der Waals surface area (Å²) in [4.78, 5) is 31.4. The topological polar surface area (TPSA) is 115 Å². The predicted octanol–water partition coefficient (Wildman–Crippen LogP) is 7.83. The highest BCUT2D eigenvalue weighted by molar-refractivity contribution is 5.93. The van der Waals surface area contributed by atoms with Crippen molar-refractivity contribution in [1.29, 1.82) is 0 Å². The molecule has 4 aliphatic carbocycles. The molecule has 10 nitrogen and oxygen atoms in total. The van der Waals surface area contributed by atoms with Gasteiger partial charge in [0.05, 0.1) is 25.5 Å². The quantitative estimate of drug-likeness (QED) is 0.129. The summed E-state index contributed by atoms with van der Waals surface area (Å²) in [6.45, 7) is 5.48. The second kappa shape index (κ2) is 16.3. The van der Waals surface area contributed by atoms with Gasteiger partial charge in [0.1, 0.15) is 5.54 Å². The zero-order valence-corrected chi connectivity index (χ0v) is 34.7. The number of carbonyl (C=O) groups excluding carboxylic acids is 2. The van der Waals surface area contributed by atoms with Crippen molar-refractivity contribution in [3.05, 3.63) is 125 Å². The van der Waals surface area contributed by atoms with Crippen LogP contribution >= 0.6 is 0 Å². The van der Waals surface area contributed by atoms with Crippen LogP contribution in [0.5, 0.6) is 0 Å². The smallest absolute Gasteiger partial charge is 0.315 e. The summed E-state index contributed by atoms with van der Waals surface area (Å²) in [5.41, 5.74) is 6.54. The maximum Gasteiger partial charge on any atom is 0.315 e. The number of rotatable bonds is 10. The van der Waals surface area contributed by atoms with Crippen molar-refractivity contribution in [2.45, 2.75) is 101 Å². The van der Waals surface area contributed by atoms with E-state index in [2.05, 4.69) is 105 Å². The van der Waals surface area contributed by atoms with Crippen molar-refractivity contribution < 1.29 is 24.2 Å². The number of hydrogen-bond acceptors (Lipinski definition) is 7. The fourth-order valence-electron chi connectivity index (χ4n) is 12.2. The third-order valence-corrected chi connectivity index (χ3v) is 14.9. The van der Waals surface area contributed by atoms with E-state index in [9.17, 15) is 14.7 Å². The normalized spacial score (nSPS) is 30.7. The largest absolute Gasteiger partial charge is 0.392 e. The number of aliphatic hydroxyl groups excluding tert-OH is 1. The van der Waals surface area contributed by atoms with Crippen LogP contribution in [0.2, 0.25) is 0 Å². The molecular weight excluding hydrogens is 751 g/mol. The zero-order chi connectivity index (χ0) is 40.8. The molecule has 3 amide bonds. The molecule has 4 aromatic carbocycles. The number of para-hydroxylation sites is 1. The minimum atomic E-state index is -0.600. The van der Waals surface area contributed by atoms with E-state index in [1.165, 1.54) is 19.3 Å². The fraction of sp³-hybridized carbons (Fsp3) is 0.480. The highest BCUT2D eigenvalue weighted by Gasteiger charge is 2.52. The number of urea groups is 1. The number of hydrogen-bond donors (Lipinski definition) is 4. The van der Waals surface area contributed by atoms with Gasteiger partial charge in [-0.25, -0.2) is 4.79 Å². The molecule has 60 heavy (non-hydrogen) atoms. The molecule has 7 fully saturated rings. The lowest BCUT2D eigenvalue weighted by Crippen LogP contribution is -2.61. The summed E-state index contributed by atoms with van der Waals surface area (Å²) >= 11 is 0. The van der Waals surface area contributed by atoms with E-state index in [4.69, 9.17) is 9.47 Å². The van der Waals surface area contributed by atoms with Gasteiger partial charge >= 0.3 is 6.03 Å². The lowest BCUT2D eigenvalue weighted by atomic mass is 9.53. The van der Waals surface area contributed by atoms with E-state index in [1.807, 2.05) is 30.3 Å². The molecule has 11 rings (SSSR count). The van der Waals surface area contributed by atoms with Crippen LogP contribution in [0.4, 0.5) is 10.5 Å². The van der Waals surface area contributed by atoms with Gasteiger partial charge in [0, 0.05) is 48.9 Å². The lowest BCUT2D eigenvalue weighted by molar-refractivity contribution is -0.276. The minimum absolute atomic E-state index is 0.00894. The molecular formula is C50H59N5O5. The van der Waals surface area contributed by atoms with Gasteiger partial charge in [-0.3, -0.25) is 4.79 Å². The van der Waals surface area contributed by atoms with Crippen molar-refractivity contribution in [2.75, 3.05) is 31.2 Å². The van der Waals surface area contributed by atoms with Crippen LogP contribution in [0, 0.1) is 23.7 Å². The molecule has 0 radical (unpaired) electrons. The molecule has 10 heteroatoms. The van der Waals surface area contributed by atoms with Gasteiger partial charge in [0.2, 0.25) is 5.91 Å². The number of piperidine rings is 1. The minimum Gasteiger partial charge on any atom is -0.392 e. The zero-order valence-electron chi connectivity index (χ0n) is 34.7. The second-order valence-electron chi connectivity index (χ2n) is 18.9. The number of nitrogens with one attached hydrogen (secondary N) is 3. The molecule has 1 spiro atoms. The van der Waals surface area contributed by atoms with Crippen LogP contribution in [0.15, 0.2) is 103 Å². The number of amides is 3. The number of carbonyl (C=O) groups is 2. The summed E-state index contributed by atoms with van der Waals surface area (Å²) in [5.74, 6) is 2.51. The summed E-state index contributed by atoms with van der Waals surface area (Å²) < 4.78 is 13.8. The number of nitrogens with zero attached hydrogens (tertiary/aromatic N) is 2. The molecule has 314 valence electrons. The Morgan fingerprint density at radius 2 is 1.48 bits per heavy atom. The van der Waals surface area contributed by atoms with Gasteiger partial charge in [-0.2, -0.15) is 0 Å². The molecule has 3 aliphatic heterocycles.